The van der Waals surface area contributed by atoms with Crippen LogP contribution >= 0.6 is 24.8 Å². The molecule has 20 heavy (non-hydrogen) atoms. The number of hydrogen-bond donors (Lipinski definition) is 2. The largest absolute Gasteiger partial charge is 0.348 e. The third kappa shape index (κ3) is 4.36. The lowest BCUT2D eigenvalue weighted by Gasteiger charge is -2.29. The van der Waals surface area contributed by atoms with Gasteiger partial charge < -0.3 is 11.1 Å². The molecule has 1 unspecified atom stereocenters. The number of nitrogens with one attached hydrogen (secondary N) is 1. The predicted octanol–water partition coefficient (Wildman–Crippen LogP) is 1.59. The Hall–Kier alpha value is -0.780. The fraction of sp³-hybridized carbons (Fsp3) is 0.692. The highest BCUT2D eigenvalue weighted by molar-refractivity contribution is 5.85. The average molecular weight is 323 g/mol. The van der Waals surface area contributed by atoms with Gasteiger partial charge in [-0.25, -0.2) is 0 Å². The SMILES string of the molecule is Cc1cc(C)n(CC(=O)NC(C)(CN)C2CC2)n1.Cl.Cl. The van der Waals surface area contributed by atoms with Crippen molar-refractivity contribution in [3.05, 3.63) is 17.5 Å². The molecule has 1 aromatic rings. The molecule has 1 heterocycles. The Labute approximate surface area is 132 Å². The Bertz CT molecular complexity index is 459. The first-order chi connectivity index (χ1) is 8.44. The second-order valence-corrected chi connectivity index (χ2v) is 5.53. The van der Waals surface area contributed by atoms with E-state index in [1.54, 1.807) is 4.68 Å². The van der Waals surface area contributed by atoms with Crippen LogP contribution in [0.15, 0.2) is 6.07 Å². The minimum Gasteiger partial charge on any atom is -0.348 e. The first-order valence-electron chi connectivity index (χ1n) is 6.47. The van der Waals surface area contributed by atoms with Gasteiger partial charge in [0.2, 0.25) is 5.91 Å². The van der Waals surface area contributed by atoms with Gasteiger partial charge >= 0.3 is 0 Å². The third-order valence-electron chi connectivity index (χ3n) is 3.72. The number of aryl methyl sites for hydroxylation is 2. The molecule has 1 aliphatic carbocycles. The number of rotatable bonds is 5. The number of nitrogens with two attached hydrogens (primary N) is 1. The third-order valence-corrected chi connectivity index (χ3v) is 3.72. The van der Waals surface area contributed by atoms with E-state index in [2.05, 4.69) is 10.4 Å². The van der Waals surface area contributed by atoms with Crippen LogP contribution in [0.2, 0.25) is 0 Å². The van der Waals surface area contributed by atoms with Crippen molar-refractivity contribution >= 4 is 30.7 Å². The molecule has 1 amide bonds. The fourth-order valence-corrected chi connectivity index (χ4v) is 2.37. The number of carbonyl (C=O) groups excluding carboxylic acids is 1. The van der Waals surface area contributed by atoms with Crippen LogP contribution in [0.1, 0.15) is 31.2 Å². The van der Waals surface area contributed by atoms with Gasteiger partial charge in [-0.05, 0) is 45.6 Å². The highest BCUT2D eigenvalue weighted by Gasteiger charge is 2.41. The van der Waals surface area contributed by atoms with Gasteiger partial charge in [0.25, 0.3) is 0 Å². The van der Waals surface area contributed by atoms with E-state index in [1.165, 1.54) is 0 Å². The molecule has 0 spiro atoms. The van der Waals surface area contributed by atoms with Crippen LogP contribution in [-0.4, -0.2) is 27.8 Å². The van der Waals surface area contributed by atoms with Gasteiger partial charge in [-0.3, -0.25) is 9.48 Å². The highest BCUT2D eigenvalue weighted by atomic mass is 35.5. The summed E-state index contributed by atoms with van der Waals surface area (Å²) in [6.45, 7) is 6.66. The first kappa shape index (κ1) is 19.2. The van der Waals surface area contributed by atoms with Crippen LogP contribution in [0.4, 0.5) is 0 Å². The molecule has 2 rings (SSSR count). The van der Waals surface area contributed by atoms with Crippen molar-refractivity contribution < 1.29 is 4.79 Å². The Morgan fingerprint density at radius 2 is 2.10 bits per heavy atom. The molecule has 1 atom stereocenters. The molecule has 1 fully saturated rings. The van der Waals surface area contributed by atoms with E-state index in [9.17, 15) is 4.79 Å². The van der Waals surface area contributed by atoms with Crippen molar-refractivity contribution in [2.24, 2.45) is 11.7 Å². The maximum atomic E-state index is 12.1. The van der Waals surface area contributed by atoms with Crippen molar-refractivity contribution in [1.82, 2.24) is 15.1 Å². The van der Waals surface area contributed by atoms with Gasteiger partial charge in [0.15, 0.2) is 0 Å². The maximum Gasteiger partial charge on any atom is 0.242 e. The molecule has 0 bridgehead atoms. The molecular formula is C13H24Cl2N4O. The predicted molar refractivity (Wildman–Crippen MR) is 84.5 cm³/mol. The number of halogens is 2. The summed E-state index contributed by atoms with van der Waals surface area (Å²) >= 11 is 0. The summed E-state index contributed by atoms with van der Waals surface area (Å²) in [5, 5.41) is 7.36. The molecule has 1 saturated carbocycles. The highest BCUT2D eigenvalue weighted by Crippen LogP contribution is 2.38. The van der Waals surface area contributed by atoms with E-state index in [4.69, 9.17) is 5.73 Å². The molecule has 7 heteroatoms. The molecule has 1 aliphatic rings. The van der Waals surface area contributed by atoms with Gasteiger partial charge in [0.1, 0.15) is 6.54 Å². The minimum atomic E-state index is -0.257. The summed E-state index contributed by atoms with van der Waals surface area (Å²) in [6, 6.07) is 1.97. The summed E-state index contributed by atoms with van der Waals surface area (Å²) in [7, 11) is 0. The summed E-state index contributed by atoms with van der Waals surface area (Å²) in [5.41, 5.74) is 7.47. The lowest BCUT2D eigenvalue weighted by Crippen LogP contribution is -2.54. The standard InChI is InChI=1S/C13H22N4O.2ClH/c1-9-6-10(2)17(16-9)7-12(18)15-13(3,8-14)11-4-5-11;;/h6,11H,4-5,7-8,14H2,1-3H3,(H,15,18);2*1H. The molecule has 0 aromatic carbocycles. The first-order valence-corrected chi connectivity index (χ1v) is 6.47. The van der Waals surface area contributed by atoms with E-state index < -0.39 is 0 Å². The van der Waals surface area contributed by atoms with Crippen LogP contribution < -0.4 is 11.1 Å². The molecule has 5 nitrogen and oxygen atoms in total. The Balaban J connectivity index is 0.00000180. The van der Waals surface area contributed by atoms with Crippen LogP contribution in [0.3, 0.4) is 0 Å². The Morgan fingerprint density at radius 1 is 1.50 bits per heavy atom. The number of aromatic nitrogens is 2. The van der Waals surface area contributed by atoms with Crippen LogP contribution in [0, 0.1) is 19.8 Å². The number of amides is 1. The Kier molecular flexibility index (Phi) is 7.01. The van der Waals surface area contributed by atoms with E-state index >= 15 is 0 Å². The molecule has 0 aliphatic heterocycles. The van der Waals surface area contributed by atoms with Gasteiger partial charge in [-0.1, -0.05) is 0 Å². The van der Waals surface area contributed by atoms with E-state index in [-0.39, 0.29) is 42.8 Å². The van der Waals surface area contributed by atoms with E-state index in [0.29, 0.717) is 12.5 Å². The van der Waals surface area contributed by atoms with Gasteiger partial charge in [-0.2, -0.15) is 5.10 Å². The number of hydrogen-bond acceptors (Lipinski definition) is 3. The monoisotopic (exact) mass is 322 g/mol. The maximum absolute atomic E-state index is 12.1. The zero-order valence-corrected chi connectivity index (χ0v) is 13.8. The zero-order chi connectivity index (χ0) is 13.3. The van der Waals surface area contributed by atoms with E-state index in [1.807, 2.05) is 26.8 Å². The smallest absolute Gasteiger partial charge is 0.242 e. The molecule has 0 radical (unpaired) electrons. The fourth-order valence-electron chi connectivity index (χ4n) is 2.37. The van der Waals surface area contributed by atoms with Gasteiger partial charge in [-0.15, -0.1) is 24.8 Å². The van der Waals surface area contributed by atoms with Crippen LogP contribution in [0.25, 0.3) is 0 Å². The zero-order valence-electron chi connectivity index (χ0n) is 12.2. The number of carbonyl (C=O) groups is 1. The summed E-state index contributed by atoms with van der Waals surface area (Å²) < 4.78 is 1.73. The van der Waals surface area contributed by atoms with Crippen LogP contribution in [-0.2, 0) is 11.3 Å². The van der Waals surface area contributed by atoms with Crippen molar-refractivity contribution in [2.45, 2.75) is 45.7 Å². The molecule has 0 saturated heterocycles. The molecule has 116 valence electrons. The van der Waals surface area contributed by atoms with Crippen LogP contribution in [0.5, 0.6) is 0 Å². The molecule has 3 N–H and O–H groups in total. The van der Waals surface area contributed by atoms with Crippen molar-refractivity contribution in [1.29, 1.82) is 0 Å². The summed E-state index contributed by atoms with van der Waals surface area (Å²) in [5.74, 6) is 0.521. The second kappa shape index (κ2) is 7.29. The average Bonchev–Trinajstić information content (AvgIpc) is 3.07. The molecule has 1 aromatic heterocycles. The second-order valence-electron chi connectivity index (χ2n) is 5.53. The van der Waals surface area contributed by atoms with E-state index in [0.717, 1.165) is 24.2 Å². The lowest BCUT2D eigenvalue weighted by atomic mass is 9.96. The quantitative estimate of drug-likeness (QED) is 0.864. The van der Waals surface area contributed by atoms with Gasteiger partial charge in [0, 0.05) is 12.2 Å². The normalized spacial score (nSPS) is 16.6. The molecular weight excluding hydrogens is 299 g/mol. The van der Waals surface area contributed by atoms with Crippen molar-refractivity contribution in [3.8, 4) is 0 Å². The lowest BCUT2D eigenvalue weighted by molar-refractivity contribution is -0.123. The van der Waals surface area contributed by atoms with Crippen molar-refractivity contribution in [3.63, 3.8) is 0 Å². The Morgan fingerprint density at radius 3 is 2.50 bits per heavy atom. The number of nitrogens with zero attached hydrogens (tertiary/aromatic N) is 2. The topological polar surface area (TPSA) is 72.9 Å². The van der Waals surface area contributed by atoms with Crippen molar-refractivity contribution in [2.75, 3.05) is 6.54 Å². The summed E-state index contributed by atoms with van der Waals surface area (Å²) in [4.78, 5) is 12.1. The van der Waals surface area contributed by atoms with Gasteiger partial charge in [0.05, 0.1) is 11.2 Å². The summed E-state index contributed by atoms with van der Waals surface area (Å²) in [6.07, 6.45) is 2.32. The minimum absolute atomic E-state index is 0.